The van der Waals surface area contributed by atoms with E-state index in [1.165, 1.54) is 6.42 Å². The summed E-state index contributed by atoms with van der Waals surface area (Å²) in [7, 11) is 0. The summed E-state index contributed by atoms with van der Waals surface area (Å²) < 4.78 is 0. The van der Waals surface area contributed by atoms with Gasteiger partial charge in [0.05, 0.1) is 17.8 Å². The van der Waals surface area contributed by atoms with E-state index in [0.717, 1.165) is 44.7 Å². The van der Waals surface area contributed by atoms with E-state index in [9.17, 15) is 19.5 Å². The second-order valence-corrected chi connectivity index (χ2v) is 9.14. The van der Waals surface area contributed by atoms with Crippen molar-refractivity contribution in [2.45, 2.75) is 19.3 Å². The van der Waals surface area contributed by atoms with Crippen LogP contribution in [0.5, 0.6) is 0 Å². The Hall–Kier alpha value is -3.10. The van der Waals surface area contributed by atoms with Crippen molar-refractivity contribution in [3.63, 3.8) is 0 Å². The average Bonchev–Trinajstić information content (AvgIpc) is 2.85. The molecule has 2 saturated heterocycles. The lowest BCUT2D eigenvalue weighted by Gasteiger charge is -2.37. The van der Waals surface area contributed by atoms with Crippen LogP contribution in [0.3, 0.4) is 0 Å². The first-order chi connectivity index (χ1) is 16.4. The number of nitrogens with zero attached hydrogens (tertiary/aromatic N) is 3. The molecule has 0 aliphatic carbocycles. The third-order valence-electron chi connectivity index (χ3n) is 6.39. The number of carbonyl (C=O) groups is 3. The number of piperidine rings is 1. The quantitative estimate of drug-likeness (QED) is 0.652. The predicted octanol–water partition coefficient (Wildman–Crippen LogP) is 3.43. The van der Waals surface area contributed by atoms with Gasteiger partial charge >= 0.3 is 5.97 Å². The maximum absolute atomic E-state index is 12.5. The summed E-state index contributed by atoms with van der Waals surface area (Å²) in [5.74, 6) is -1.32. The fraction of sp³-hybridized carbons (Fsp3) is 0.400. The van der Waals surface area contributed by atoms with Gasteiger partial charge in [-0.05, 0) is 61.7 Å². The zero-order valence-electron chi connectivity index (χ0n) is 19.0. The van der Waals surface area contributed by atoms with Gasteiger partial charge in [-0.15, -0.1) is 0 Å². The smallest absolute Gasteiger partial charge is 0.337 e. The number of carboxylic acids is 1. The van der Waals surface area contributed by atoms with Crippen LogP contribution in [0, 0.1) is 0 Å². The Morgan fingerprint density at radius 2 is 1.56 bits per heavy atom. The SMILES string of the molecule is O=C(Nc1ccc(N2CCN(CC(=O)N3CCCCC3)CC2)cc1C(=O)O)c1ccc(Cl)cc1. The van der Waals surface area contributed by atoms with Crippen LogP contribution in [0.1, 0.15) is 40.0 Å². The first-order valence-electron chi connectivity index (χ1n) is 11.6. The third kappa shape index (κ3) is 5.87. The van der Waals surface area contributed by atoms with Gasteiger partial charge in [0.25, 0.3) is 5.91 Å². The van der Waals surface area contributed by atoms with Gasteiger partial charge in [0.15, 0.2) is 0 Å². The number of likely N-dealkylation sites (tertiary alicyclic amines) is 1. The maximum atomic E-state index is 12.5. The number of benzene rings is 2. The van der Waals surface area contributed by atoms with Crippen LogP contribution in [0.25, 0.3) is 0 Å². The average molecular weight is 485 g/mol. The number of piperazine rings is 1. The monoisotopic (exact) mass is 484 g/mol. The van der Waals surface area contributed by atoms with Crippen LogP contribution >= 0.6 is 11.6 Å². The van der Waals surface area contributed by atoms with Gasteiger partial charge in [-0.3, -0.25) is 14.5 Å². The Kier molecular flexibility index (Phi) is 7.70. The van der Waals surface area contributed by atoms with Gasteiger partial charge in [-0.2, -0.15) is 0 Å². The molecule has 180 valence electrons. The minimum absolute atomic E-state index is 0.0301. The second kappa shape index (κ2) is 10.9. The lowest BCUT2D eigenvalue weighted by atomic mass is 10.1. The van der Waals surface area contributed by atoms with Crippen molar-refractivity contribution < 1.29 is 19.5 Å². The lowest BCUT2D eigenvalue weighted by molar-refractivity contribution is -0.133. The van der Waals surface area contributed by atoms with E-state index in [0.29, 0.717) is 30.2 Å². The van der Waals surface area contributed by atoms with Gasteiger partial charge in [0, 0.05) is 55.5 Å². The van der Waals surface area contributed by atoms with E-state index in [-0.39, 0.29) is 17.2 Å². The number of carboxylic acid groups (broad SMARTS) is 1. The van der Waals surface area contributed by atoms with Crippen LogP contribution in [0.15, 0.2) is 42.5 Å². The second-order valence-electron chi connectivity index (χ2n) is 8.70. The number of hydrogen-bond acceptors (Lipinski definition) is 5. The summed E-state index contributed by atoms with van der Waals surface area (Å²) in [5, 5.41) is 12.9. The molecule has 0 spiro atoms. The highest BCUT2D eigenvalue weighted by Gasteiger charge is 2.24. The summed E-state index contributed by atoms with van der Waals surface area (Å²) >= 11 is 5.87. The highest BCUT2D eigenvalue weighted by Crippen LogP contribution is 2.25. The molecule has 4 rings (SSSR count). The largest absolute Gasteiger partial charge is 0.478 e. The van der Waals surface area contributed by atoms with E-state index in [1.54, 1.807) is 36.4 Å². The molecular formula is C25H29ClN4O4. The van der Waals surface area contributed by atoms with E-state index < -0.39 is 11.9 Å². The molecule has 2 fully saturated rings. The summed E-state index contributed by atoms with van der Waals surface area (Å²) in [6, 6.07) is 11.4. The zero-order valence-corrected chi connectivity index (χ0v) is 19.8. The number of hydrogen-bond donors (Lipinski definition) is 2. The molecule has 9 heteroatoms. The summed E-state index contributed by atoms with van der Waals surface area (Å²) in [6.07, 6.45) is 3.37. The standard InChI is InChI=1S/C25H29ClN4O4/c26-19-6-4-18(5-7-19)24(32)27-22-9-8-20(16-21(22)25(33)34)29-14-12-28(13-15-29)17-23(31)30-10-2-1-3-11-30/h4-9,16H,1-3,10-15,17H2,(H,27,32)(H,33,34). The molecule has 2 heterocycles. The number of anilines is 2. The minimum Gasteiger partial charge on any atom is -0.478 e. The number of rotatable bonds is 6. The normalized spacial score (nSPS) is 16.9. The van der Waals surface area contributed by atoms with Gasteiger partial charge in [-0.1, -0.05) is 11.6 Å². The number of amides is 2. The summed E-state index contributed by atoms with van der Waals surface area (Å²) in [5.41, 5.74) is 1.44. The molecule has 0 bridgehead atoms. The molecule has 2 aromatic carbocycles. The van der Waals surface area contributed by atoms with E-state index in [4.69, 9.17) is 11.6 Å². The maximum Gasteiger partial charge on any atom is 0.337 e. The van der Waals surface area contributed by atoms with Crippen LogP contribution in [-0.2, 0) is 4.79 Å². The Balaban J connectivity index is 1.37. The number of halogens is 1. The van der Waals surface area contributed by atoms with Crippen molar-refractivity contribution >= 4 is 40.8 Å². The Bertz CT molecular complexity index is 1050. The van der Waals surface area contributed by atoms with Crippen molar-refractivity contribution in [1.82, 2.24) is 9.80 Å². The van der Waals surface area contributed by atoms with E-state index >= 15 is 0 Å². The van der Waals surface area contributed by atoms with Gasteiger partial charge < -0.3 is 20.2 Å². The van der Waals surface area contributed by atoms with Crippen molar-refractivity contribution in [2.24, 2.45) is 0 Å². The molecule has 0 saturated carbocycles. The Morgan fingerprint density at radius 3 is 2.21 bits per heavy atom. The number of nitrogens with one attached hydrogen (secondary N) is 1. The number of aromatic carboxylic acids is 1. The van der Waals surface area contributed by atoms with Crippen molar-refractivity contribution in [3.8, 4) is 0 Å². The van der Waals surface area contributed by atoms with Gasteiger partial charge in [0.2, 0.25) is 5.91 Å². The molecule has 0 radical (unpaired) electrons. The molecule has 2 aliphatic heterocycles. The van der Waals surface area contributed by atoms with Crippen LogP contribution in [-0.4, -0.2) is 78.5 Å². The Morgan fingerprint density at radius 1 is 0.882 bits per heavy atom. The number of carbonyl (C=O) groups excluding carboxylic acids is 2. The molecule has 2 N–H and O–H groups in total. The molecule has 2 aliphatic rings. The molecular weight excluding hydrogens is 456 g/mol. The van der Waals surface area contributed by atoms with Crippen molar-refractivity contribution in [1.29, 1.82) is 0 Å². The minimum atomic E-state index is -1.11. The fourth-order valence-corrected chi connectivity index (χ4v) is 4.54. The van der Waals surface area contributed by atoms with E-state index in [2.05, 4.69) is 15.1 Å². The van der Waals surface area contributed by atoms with Gasteiger partial charge in [0.1, 0.15) is 0 Å². The lowest BCUT2D eigenvalue weighted by Crippen LogP contribution is -2.50. The van der Waals surface area contributed by atoms with Crippen molar-refractivity contribution in [2.75, 3.05) is 56.0 Å². The molecule has 2 aromatic rings. The highest BCUT2D eigenvalue weighted by molar-refractivity contribution is 6.30. The molecule has 2 amide bonds. The summed E-state index contributed by atoms with van der Waals surface area (Å²) in [6.45, 7) is 5.01. The summed E-state index contributed by atoms with van der Waals surface area (Å²) in [4.78, 5) is 43.2. The van der Waals surface area contributed by atoms with Crippen LogP contribution in [0.4, 0.5) is 11.4 Å². The van der Waals surface area contributed by atoms with Crippen LogP contribution < -0.4 is 10.2 Å². The molecule has 0 aromatic heterocycles. The van der Waals surface area contributed by atoms with E-state index in [1.807, 2.05) is 11.0 Å². The Labute approximate surface area is 204 Å². The molecule has 8 nitrogen and oxygen atoms in total. The molecule has 0 atom stereocenters. The topological polar surface area (TPSA) is 93.2 Å². The first-order valence-corrected chi connectivity index (χ1v) is 12.0. The first kappa shape index (κ1) is 24.0. The van der Waals surface area contributed by atoms with Gasteiger partial charge in [-0.25, -0.2) is 4.79 Å². The molecule has 34 heavy (non-hydrogen) atoms. The predicted molar refractivity (Wildman–Crippen MR) is 132 cm³/mol. The van der Waals surface area contributed by atoms with Crippen LogP contribution in [0.2, 0.25) is 5.02 Å². The fourth-order valence-electron chi connectivity index (χ4n) is 4.41. The zero-order chi connectivity index (χ0) is 24.1. The third-order valence-corrected chi connectivity index (χ3v) is 6.65. The van der Waals surface area contributed by atoms with Crippen molar-refractivity contribution in [3.05, 3.63) is 58.6 Å². The highest BCUT2D eigenvalue weighted by atomic mass is 35.5. The molecule has 0 unspecified atom stereocenters.